The van der Waals surface area contributed by atoms with Gasteiger partial charge in [0.05, 0.1) is 13.2 Å². The standard InChI is InChI=1S/C9H15BrN4O3S/c1-3-7-6-17-5-4-14(7)18(15,16)9-8(10)11-12-13(9)2/h7H,3-6H2,1-2H3. The van der Waals surface area contributed by atoms with Crippen LogP contribution in [0.2, 0.25) is 0 Å². The van der Waals surface area contributed by atoms with Gasteiger partial charge in [0.2, 0.25) is 5.03 Å². The van der Waals surface area contributed by atoms with Crippen LogP contribution in [0.15, 0.2) is 9.63 Å². The highest BCUT2D eigenvalue weighted by Crippen LogP contribution is 2.25. The summed E-state index contributed by atoms with van der Waals surface area (Å²) in [6.45, 7) is 3.15. The molecular formula is C9H15BrN4O3S. The molecule has 0 spiro atoms. The fraction of sp³-hybridized carbons (Fsp3) is 0.778. The SMILES string of the molecule is CCC1COCCN1S(=O)(=O)c1c(Br)nnn1C. The quantitative estimate of drug-likeness (QED) is 0.796. The van der Waals surface area contributed by atoms with Crippen LogP contribution in [-0.4, -0.2) is 53.5 Å². The number of rotatable bonds is 3. The van der Waals surface area contributed by atoms with Gasteiger partial charge in [0.25, 0.3) is 10.0 Å². The van der Waals surface area contributed by atoms with E-state index < -0.39 is 10.0 Å². The van der Waals surface area contributed by atoms with Crippen LogP contribution in [0.4, 0.5) is 0 Å². The van der Waals surface area contributed by atoms with Gasteiger partial charge < -0.3 is 4.74 Å². The van der Waals surface area contributed by atoms with Gasteiger partial charge in [0, 0.05) is 19.6 Å². The van der Waals surface area contributed by atoms with Crippen LogP contribution in [-0.2, 0) is 21.8 Å². The number of nitrogens with zero attached hydrogens (tertiary/aromatic N) is 4. The summed E-state index contributed by atoms with van der Waals surface area (Å²) in [7, 11) is -2.04. The fourth-order valence-electron chi connectivity index (χ4n) is 1.99. The Balaban J connectivity index is 2.41. The predicted molar refractivity (Wildman–Crippen MR) is 67.5 cm³/mol. The van der Waals surface area contributed by atoms with Crippen molar-refractivity contribution in [3.8, 4) is 0 Å². The lowest BCUT2D eigenvalue weighted by Crippen LogP contribution is -2.48. The van der Waals surface area contributed by atoms with Crippen LogP contribution < -0.4 is 0 Å². The Morgan fingerprint density at radius 2 is 2.28 bits per heavy atom. The highest BCUT2D eigenvalue weighted by atomic mass is 79.9. The van der Waals surface area contributed by atoms with Crippen LogP contribution in [0, 0.1) is 0 Å². The Morgan fingerprint density at radius 3 is 2.83 bits per heavy atom. The third kappa shape index (κ3) is 2.31. The van der Waals surface area contributed by atoms with Crippen LogP contribution >= 0.6 is 15.9 Å². The number of morpholine rings is 1. The van der Waals surface area contributed by atoms with E-state index in [-0.39, 0.29) is 15.7 Å². The van der Waals surface area contributed by atoms with Gasteiger partial charge in [0.15, 0.2) is 4.60 Å². The van der Waals surface area contributed by atoms with E-state index in [1.807, 2.05) is 6.92 Å². The van der Waals surface area contributed by atoms with Gasteiger partial charge >= 0.3 is 0 Å². The van der Waals surface area contributed by atoms with Crippen molar-refractivity contribution in [3.63, 3.8) is 0 Å². The van der Waals surface area contributed by atoms with Gasteiger partial charge in [-0.15, -0.1) is 5.10 Å². The summed E-state index contributed by atoms with van der Waals surface area (Å²) in [6, 6.07) is -0.134. The van der Waals surface area contributed by atoms with E-state index in [0.717, 1.165) is 0 Å². The van der Waals surface area contributed by atoms with Crippen molar-refractivity contribution in [2.45, 2.75) is 24.4 Å². The molecule has 0 N–H and O–H groups in total. The minimum absolute atomic E-state index is 0.0860. The molecule has 9 heteroatoms. The Hall–Kier alpha value is -0.510. The van der Waals surface area contributed by atoms with Gasteiger partial charge in [0.1, 0.15) is 0 Å². The molecule has 102 valence electrons. The highest BCUT2D eigenvalue weighted by molar-refractivity contribution is 9.10. The summed E-state index contributed by atoms with van der Waals surface area (Å²) in [4.78, 5) is 0. The molecule has 0 aliphatic carbocycles. The zero-order chi connectivity index (χ0) is 13.3. The first kappa shape index (κ1) is 13.9. The Labute approximate surface area is 114 Å². The minimum Gasteiger partial charge on any atom is -0.378 e. The first-order valence-electron chi connectivity index (χ1n) is 5.63. The monoisotopic (exact) mass is 338 g/mol. The number of aryl methyl sites for hydroxylation is 1. The summed E-state index contributed by atoms with van der Waals surface area (Å²) in [5.41, 5.74) is 0. The van der Waals surface area contributed by atoms with Gasteiger partial charge in [-0.1, -0.05) is 12.1 Å². The van der Waals surface area contributed by atoms with E-state index in [0.29, 0.717) is 26.2 Å². The number of halogens is 1. The molecule has 1 saturated heterocycles. The van der Waals surface area contributed by atoms with E-state index in [1.54, 1.807) is 7.05 Å². The van der Waals surface area contributed by atoms with Gasteiger partial charge in [-0.2, -0.15) is 4.31 Å². The molecule has 1 aliphatic rings. The largest absolute Gasteiger partial charge is 0.378 e. The first-order chi connectivity index (χ1) is 8.48. The van der Waals surface area contributed by atoms with Gasteiger partial charge in [-0.25, -0.2) is 13.1 Å². The van der Waals surface area contributed by atoms with E-state index in [9.17, 15) is 8.42 Å². The summed E-state index contributed by atoms with van der Waals surface area (Å²) in [5.74, 6) is 0. The molecule has 1 fully saturated rings. The molecule has 0 radical (unpaired) electrons. The lowest BCUT2D eigenvalue weighted by Gasteiger charge is -2.33. The van der Waals surface area contributed by atoms with E-state index in [1.165, 1.54) is 8.99 Å². The number of aromatic nitrogens is 3. The topological polar surface area (TPSA) is 77.3 Å². The maximum absolute atomic E-state index is 12.6. The molecule has 0 aromatic carbocycles. The Morgan fingerprint density at radius 1 is 1.56 bits per heavy atom. The molecule has 18 heavy (non-hydrogen) atoms. The van der Waals surface area contributed by atoms with E-state index in [4.69, 9.17) is 4.74 Å². The van der Waals surface area contributed by atoms with Crippen molar-refractivity contribution < 1.29 is 13.2 Å². The van der Waals surface area contributed by atoms with Crippen molar-refractivity contribution in [2.75, 3.05) is 19.8 Å². The third-order valence-corrected chi connectivity index (χ3v) is 5.78. The number of ether oxygens (including phenoxy) is 1. The Kier molecular flexibility index (Phi) is 4.05. The van der Waals surface area contributed by atoms with Crippen molar-refractivity contribution in [3.05, 3.63) is 4.60 Å². The molecule has 7 nitrogen and oxygen atoms in total. The van der Waals surface area contributed by atoms with Crippen molar-refractivity contribution >= 4 is 26.0 Å². The molecular weight excluding hydrogens is 324 g/mol. The molecule has 1 aliphatic heterocycles. The number of hydrogen-bond acceptors (Lipinski definition) is 5. The maximum Gasteiger partial charge on any atom is 0.263 e. The summed E-state index contributed by atoms with van der Waals surface area (Å²) >= 11 is 3.13. The van der Waals surface area contributed by atoms with Crippen LogP contribution in [0.1, 0.15) is 13.3 Å². The lowest BCUT2D eigenvalue weighted by atomic mass is 10.2. The predicted octanol–water partition coefficient (Wildman–Crippen LogP) is 0.377. The number of hydrogen-bond donors (Lipinski definition) is 0. The fourth-order valence-corrected chi connectivity index (χ4v) is 4.69. The molecule has 0 bridgehead atoms. The molecule has 1 aromatic heterocycles. The first-order valence-corrected chi connectivity index (χ1v) is 7.86. The average molecular weight is 339 g/mol. The summed E-state index contributed by atoms with van der Waals surface area (Å²) in [5, 5.41) is 7.52. The third-order valence-electron chi connectivity index (χ3n) is 2.93. The van der Waals surface area contributed by atoms with Crippen LogP contribution in [0.5, 0.6) is 0 Å². The zero-order valence-electron chi connectivity index (χ0n) is 10.2. The van der Waals surface area contributed by atoms with E-state index in [2.05, 4.69) is 26.2 Å². The van der Waals surface area contributed by atoms with E-state index >= 15 is 0 Å². The van der Waals surface area contributed by atoms with Crippen molar-refractivity contribution in [2.24, 2.45) is 7.05 Å². The zero-order valence-corrected chi connectivity index (χ0v) is 12.6. The lowest BCUT2D eigenvalue weighted by molar-refractivity contribution is 0.0312. The molecule has 1 aromatic rings. The van der Waals surface area contributed by atoms with Crippen molar-refractivity contribution in [1.82, 2.24) is 19.3 Å². The second-order valence-electron chi connectivity index (χ2n) is 4.06. The van der Waals surface area contributed by atoms with Crippen molar-refractivity contribution in [1.29, 1.82) is 0 Å². The summed E-state index contributed by atoms with van der Waals surface area (Å²) < 4.78 is 33.5. The van der Waals surface area contributed by atoms with Gasteiger partial charge in [-0.3, -0.25) is 0 Å². The second kappa shape index (κ2) is 5.24. The van der Waals surface area contributed by atoms with Gasteiger partial charge in [-0.05, 0) is 22.4 Å². The number of sulfonamides is 1. The molecule has 2 heterocycles. The maximum atomic E-state index is 12.6. The van der Waals surface area contributed by atoms with Crippen LogP contribution in [0.3, 0.4) is 0 Å². The Bertz CT molecular complexity index is 510. The summed E-state index contributed by atoms with van der Waals surface area (Å²) in [6.07, 6.45) is 0.710. The molecule has 1 atom stereocenters. The normalized spacial score (nSPS) is 22.3. The molecule has 0 amide bonds. The second-order valence-corrected chi connectivity index (χ2v) is 6.62. The molecule has 1 unspecified atom stereocenters. The minimum atomic E-state index is -3.60. The highest BCUT2D eigenvalue weighted by Gasteiger charge is 2.36. The van der Waals surface area contributed by atoms with Crippen LogP contribution in [0.25, 0.3) is 0 Å². The smallest absolute Gasteiger partial charge is 0.263 e. The average Bonchev–Trinajstić information content (AvgIpc) is 2.69. The molecule has 0 saturated carbocycles. The molecule has 2 rings (SSSR count).